The van der Waals surface area contributed by atoms with E-state index in [1.54, 1.807) is 12.3 Å². The third-order valence-electron chi connectivity index (χ3n) is 6.16. The first kappa shape index (κ1) is 18.2. The second-order valence-electron chi connectivity index (χ2n) is 8.02. The molecule has 0 amide bonds. The normalized spacial score (nSPS) is 22.9. The molecule has 27 heavy (non-hydrogen) atoms. The van der Waals surface area contributed by atoms with Crippen LogP contribution in [0.25, 0.3) is 0 Å². The Kier molecular flexibility index (Phi) is 4.77. The molecular weight excluding hydrogens is 348 g/mol. The minimum atomic E-state index is -0.742. The summed E-state index contributed by atoms with van der Waals surface area (Å²) >= 11 is 0. The van der Waals surface area contributed by atoms with Gasteiger partial charge in [0, 0.05) is 56.9 Å². The van der Waals surface area contributed by atoms with E-state index in [0.29, 0.717) is 17.0 Å². The largest absolute Gasteiger partial charge is 0.480 e. The number of esters is 1. The Morgan fingerprint density at radius 1 is 1.22 bits per heavy atom. The number of aliphatic carboxylic acids is 1. The predicted molar refractivity (Wildman–Crippen MR) is 98.9 cm³/mol. The van der Waals surface area contributed by atoms with Gasteiger partial charge >= 0.3 is 11.9 Å². The van der Waals surface area contributed by atoms with Crippen molar-refractivity contribution in [1.82, 2.24) is 14.8 Å². The second-order valence-corrected chi connectivity index (χ2v) is 8.02. The number of pyridine rings is 1. The summed E-state index contributed by atoms with van der Waals surface area (Å²) in [5, 5.41) is 8.89. The zero-order valence-electron chi connectivity index (χ0n) is 15.6. The van der Waals surface area contributed by atoms with Crippen molar-refractivity contribution in [3.05, 3.63) is 23.9 Å². The summed E-state index contributed by atoms with van der Waals surface area (Å²) in [6, 6.07) is 4.28. The van der Waals surface area contributed by atoms with E-state index in [1.165, 1.54) is 20.0 Å². The Balaban J connectivity index is 1.22. The molecule has 3 fully saturated rings. The van der Waals surface area contributed by atoms with Crippen LogP contribution >= 0.6 is 0 Å². The van der Waals surface area contributed by atoms with Crippen molar-refractivity contribution in [2.24, 2.45) is 5.41 Å². The predicted octanol–water partition coefficient (Wildman–Crippen LogP) is 0.539. The van der Waals surface area contributed by atoms with E-state index >= 15 is 0 Å². The molecule has 2 saturated heterocycles. The molecule has 0 bridgehead atoms. The molecule has 0 unspecified atom stereocenters. The zero-order chi connectivity index (χ0) is 19.0. The Labute approximate surface area is 158 Å². The molecule has 1 saturated carbocycles. The first-order valence-corrected chi connectivity index (χ1v) is 9.46. The van der Waals surface area contributed by atoms with E-state index in [2.05, 4.69) is 14.8 Å². The lowest BCUT2D eigenvalue weighted by Gasteiger charge is -2.62. The van der Waals surface area contributed by atoms with Gasteiger partial charge in [0.05, 0.1) is 19.2 Å². The first-order chi connectivity index (χ1) is 13.0. The van der Waals surface area contributed by atoms with E-state index in [1.807, 2.05) is 11.0 Å². The molecule has 8 heteroatoms. The third-order valence-corrected chi connectivity index (χ3v) is 6.16. The Morgan fingerprint density at radius 3 is 2.48 bits per heavy atom. The van der Waals surface area contributed by atoms with Crippen LogP contribution in [0, 0.1) is 5.41 Å². The summed E-state index contributed by atoms with van der Waals surface area (Å²) in [6.45, 7) is 5.82. The van der Waals surface area contributed by atoms with Crippen molar-refractivity contribution in [2.45, 2.75) is 18.9 Å². The Bertz CT molecular complexity index is 701. The maximum atomic E-state index is 11.5. The highest BCUT2D eigenvalue weighted by Gasteiger charge is 2.54. The van der Waals surface area contributed by atoms with Crippen molar-refractivity contribution in [3.63, 3.8) is 0 Å². The van der Waals surface area contributed by atoms with Gasteiger partial charge in [-0.2, -0.15) is 0 Å². The molecule has 3 aliphatic rings. The lowest BCUT2D eigenvalue weighted by molar-refractivity contribution is -0.139. The lowest BCUT2D eigenvalue weighted by atomic mass is 9.60. The van der Waals surface area contributed by atoms with Gasteiger partial charge in [0.25, 0.3) is 0 Å². The molecule has 1 spiro atoms. The molecule has 3 heterocycles. The second kappa shape index (κ2) is 7.09. The first-order valence-electron chi connectivity index (χ1n) is 9.46. The molecule has 1 aromatic heterocycles. The number of carbonyl (C=O) groups excluding carboxylic acids is 1. The number of carboxylic acid groups (broad SMARTS) is 1. The van der Waals surface area contributed by atoms with Crippen LogP contribution in [0.3, 0.4) is 0 Å². The minimum Gasteiger partial charge on any atom is -0.480 e. The van der Waals surface area contributed by atoms with Gasteiger partial charge in [0.1, 0.15) is 5.82 Å². The number of hydrogen-bond donors (Lipinski definition) is 1. The molecule has 1 aliphatic carbocycles. The monoisotopic (exact) mass is 374 g/mol. The van der Waals surface area contributed by atoms with Gasteiger partial charge in [-0.25, -0.2) is 9.78 Å². The number of aromatic nitrogens is 1. The van der Waals surface area contributed by atoms with Crippen molar-refractivity contribution >= 4 is 17.8 Å². The topological polar surface area (TPSA) is 86.2 Å². The summed E-state index contributed by atoms with van der Waals surface area (Å²) in [4.78, 5) is 33.5. The van der Waals surface area contributed by atoms with Gasteiger partial charge in [-0.3, -0.25) is 14.6 Å². The van der Waals surface area contributed by atoms with E-state index in [-0.39, 0.29) is 12.5 Å². The molecule has 1 N–H and O–H groups in total. The molecule has 0 radical (unpaired) electrons. The van der Waals surface area contributed by atoms with Gasteiger partial charge in [0.15, 0.2) is 0 Å². The average molecular weight is 374 g/mol. The maximum absolute atomic E-state index is 11.5. The SMILES string of the molecule is COC(=O)c1ccc(N2CC3(CC(N4CCN(CC(=O)O)CC4)C3)C2)nc1. The van der Waals surface area contributed by atoms with Gasteiger partial charge in [-0.1, -0.05) is 0 Å². The minimum absolute atomic E-state index is 0.152. The third kappa shape index (κ3) is 3.64. The number of piperazine rings is 1. The van der Waals surface area contributed by atoms with E-state index in [4.69, 9.17) is 9.84 Å². The molecular formula is C19H26N4O4. The molecule has 0 atom stereocenters. The lowest BCUT2D eigenvalue weighted by Crippen LogP contribution is -2.68. The zero-order valence-corrected chi connectivity index (χ0v) is 15.6. The van der Waals surface area contributed by atoms with Gasteiger partial charge in [0.2, 0.25) is 0 Å². The number of carboxylic acids is 1. The number of carbonyl (C=O) groups is 2. The number of anilines is 1. The molecule has 0 aromatic carbocycles. The summed E-state index contributed by atoms with van der Waals surface area (Å²) in [7, 11) is 1.37. The number of methoxy groups -OCH3 is 1. The van der Waals surface area contributed by atoms with Crippen LogP contribution in [0.1, 0.15) is 23.2 Å². The fourth-order valence-electron chi connectivity index (χ4n) is 4.67. The smallest absolute Gasteiger partial charge is 0.339 e. The Hall–Kier alpha value is -2.19. The average Bonchev–Trinajstić information content (AvgIpc) is 2.60. The summed E-state index contributed by atoms with van der Waals surface area (Å²) in [6.07, 6.45) is 4.00. The fraction of sp³-hybridized carbons (Fsp3) is 0.632. The highest BCUT2D eigenvalue weighted by molar-refractivity contribution is 5.89. The van der Waals surface area contributed by atoms with E-state index in [9.17, 15) is 9.59 Å². The Morgan fingerprint density at radius 2 is 1.93 bits per heavy atom. The van der Waals surface area contributed by atoms with Crippen LogP contribution in [0.5, 0.6) is 0 Å². The number of nitrogens with zero attached hydrogens (tertiary/aromatic N) is 4. The number of rotatable bonds is 5. The fourth-order valence-corrected chi connectivity index (χ4v) is 4.67. The van der Waals surface area contributed by atoms with E-state index in [0.717, 1.165) is 45.1 Å². The van der Waals surface area contributed by atoms with Crippen molar-refractivity contribution in [1.29, 1.82) is 0 Å². The quantitative estimate of drug-likeness (QED) is 0.748. The molecule has 146 valence electrons. The van der Waals surface area contributed by atoms with Gasteiger partial charge in [-0.05, 0) is 25.0 Å². The molecule has 4 rings (SSSR count). The van der Waals surface area contributed by atoms with Gasteiger partial charge in [-0.15, -0.1) is 0 Å². The van der Waals surface area contributed by atoms with Crippen LogP contribution < -0.4 is 4.90 Å². The van der Waals surface area contributed by atoms with E-state index < -0.39 is 5.97 Å². The van der Waals surface area contributed by atoms with Gasteiger partial charge < -0.3 is 14.7 Å². The molecule has 8 nitrogen and oxygen atoms in total. The highest BCUT2D eigenvalue weighted by Crippen LogP contribution is 2.51. The number of ether oxygens (including phenoxy) is 1. The van der Waals surface area contributed by atoms with Crippen LogP contribution in [0.2, 0.25) is 0 Å². The van der Waals surface area contributed by atoms with Crippen LogP contribution in [0.4, 0.5) is 5.82 Å². The van der Waals surface area contributed by atoms with Crippen molar-refractivity contribution in [2.75, 3.05) is 57.8 Å². The standard InChI is InChI=1S/C19H26N4O4/c1-27-18(26)14-2-3-16(20-10-14)23-12-19(13-23)8-15(9-19)22-6-4-21(5-7-22)11-17(24)25/h2-3,10,15H,4-9,11-13H2,1H3,(H,24,25). The molecule has 2 aliphatic heterocycles. The van der Waals surface area contributed by atoms with Crippen molar-refractivity contribution in [3.8, 4) is 0 Å². The highest BCUT2D eigenvalue weighted by atomic mass is 16.5. The van der Waals surface area contributed by atoms with Crippen LogP contribution in [-0.4, -0.2) is 90.8 Å². The van der Waals surface area contributed by atoms with Crippen LogP contribution in [0.15, 0.2) is 18.3 Å². The molecule has 1 aromatic rings. The van der Waals surface area contributed by atoms with Crippen molar-refractivity contribution < 1.29 is 19.4 Å². The van der Waals surface area contributed by atoms with Crippen LogP contribution in [-0.2, 0) is 9.53 Å². The summed E-state index contributed by atoms with van der Waals surface area (Å²) < 4.78 is 4.70. The summed E-state index contributed by atoms with van der Waals surface area (Å²) in [5.41, 5.74) is 0.883. The summed E-state index contributed by atoms with van der Waals surface area (Å²) in [5.74, 6) is -0.188. The number of hydrogen-bond acceptors (Lipinski definition) is 7. The maximum Gasteiger partial charge on any atom is 0.339 e.